The number of hydrogen-bond donors (Lipinski definition) is 0. The molecule has 0 amide bonds. The molecule has 0 N–H and O–H groups in total. The standard InChI is InChI=1S/C18H14N2O3/c21-17-15-12(10-22-17)16(11-6-2-1-3-7-11)20-13-8-4-5-9-14(13)23-18(20)19-15/h1-9,12,15-16H,10H2/t12-,15-,16-/m0/s1. The Hall–Kier alpha value is -2.82. The lowest BCUT2D eigenvalue weighted by Crippen LogP contribution is -2.46. The zero-order chi connectivity index (χ0) is 15.4. The highest BCUT2D eigenvalue weighted by atomic mass is 16.5. The third-order valence-electron chi connectivity index (χ3n) is 4.67. The van der Waals surface area contributed by atoms with Gasteiger partial charge in [-0.05, 0) is 17.7 Å². The number of amidine groups is 1. The number of benzene rings is 2. The molecule has 2 aromatic carbocycles. The molecule has 1 saturated heterocycles. The Morgan fingerprint density at radius 2 is 1.83 bits per heavy atom. The van der Waals surface area contributed by atoms with Gasteiger partial charge in [-0.15, -0.1) is 0 Å². The smallest absolute Gasteiger partial charge is 0.331 e. The molecule has 0 unspecified atom stereocenters. The number of esters is 1. The SMILES string of the molecule is O=C1OC[C@H]2[C@@H]1N=C1Oc3ccccc3N1[C@H]2c1ccccc1. The first-order valence-corrected chi connectivity index (χ1v) is 7.68. The van der Waals surface area contributed by atoms with Gasteiger partial charge in [-0.25, -0.2) is 9.79 Å². The summed E-state index contributed by atoms with van der Waals surface area (Å²) in [7, 11) is 0. The van der Waals surface area contributed by atoms with Crippen LogP contribution in [-0.2, 0) is 9.53 Å². The summed E-state index contributed by atoms with van der Waals surface area (Å²) in [5.41, 5.74) is 2.12. The van der Waals surface area contributed by atoms with Crippen molar-refractivity contribution < 1.29 is 14.3 Å². The van der Waals surface area contributed by atoms with Crippen molar-refractivity contribution >= 4 is 17.7 Å². The molecule has 3 atom stereocenters. The van der Waals surface area contributed by atoms with Crippen LogP contribution in [0.3, 0.4) is 0 Å². The number of cyclic esters (lactones) is 1. The fourth-order valence-corrected chi connectivity index (χ4v) is 3.65. The van der Waals surface area contributed by atoms with Crippen molar-refractivity contribution in [1.82, 2.24) is 0 Å². The van der Waals surface area contributed by atoms with Gasteiger partial charge in [0.05, 0.1) is 24.3 Å². The number of ether oxygens (including phenoxy) is 2. The molecule has 0 aliphatic carbocycles. The fourth-order valence-electron chi connectivity index (χ4n) is 3.65. The Bertz CT molecular complexity index is 818. The topological polar surface area (TPSA) is 51.1 Å². The predicted molar refractivity (Wildman–Crippen MR) is 84.4 cm³/mol. The Labute approximate surface area is 133 Å². The molecule has 5 heteroatoms. The first-order chi connectivity index (χ1) is 11.3. The van der Waals surface area contributed by atoms with Gasteiger partial charge in [-0.1, -0.05) is 42.5 Å². The number of nitrogens with zero attached hydrogens (tertiary/aromatic N) is 2. The van der Waals surface area contributed by atoms with E-state index in [4.69, 9.17) is 9.47 Å². The maximum Gasteiger partial charge on any atom is 0.331 e. The van der Waals surface area contributed by atoms with Crippen LogP contribution in [0.25, 0.3) is 0 Å². The molecule has 5 nitrogen and oxygen atoms in total. The van der Waals surface area contributed by atoms with Gasteiger partial charge in [0, 0.05) is 0 Å². The molecule has 2 aromatic rings. The summed E-state index contributed by atoms with van der Waals surface area (Å²) in [6.45, 7) is 0.387. The van der Waals surface area contributed by atoms with E-state index in [9.17, 15) is 4.79 Å². The van der Waals surface area contributed by atoms with Gasteiger partial charge in [0.2, 0.25) is 0 Å². The van der Waals surface area contributed by atoms with Crippen LogP contribution in [0.15, 0.2) is 59.6 Å². The largest absolute Gasteiger partial charge is 0.464 e. The minimum Gasteiger partial charge on any atom is -0.464 e. The van der Waals surface area contributed by atoms with E-state index >= 15 is 0 Å². The highest BCUT2D eigenvalue weighted by molar-refractivity contribution is 6.03. The van der Waals surface area contributed by atoms with E-state index < -0.39 is 6.04 Å². The van der Waals surface area contributed by atoms with Crippen LogP contribution in [0.1, 0.15) is 11.6 Å². The number of rotatable bonds is 1. The van der Waals surface area contributed by atoms with E-state index in [1.807, 2.05) is 42.5 Å². The van der Waals surface area contributed by atoms with Gasteiger partial charge < -0.3 is 9.47 Å². The molecule has 23 heavy (non-hydrogen) atoms. The van der Waals surface area contributed by atoms with Crippen molar-refractivity contribution in [2.24, 2.45) is 10.9 Å². The average molecular weight is 306 g/mol. The molecule has 3 heterocycles. The summed E-state index contributed by atoms with van der Waals surface area (Å²) in [6.07, 6.45) is 0. The van der Waals surface area contributed by atoms with Gasteiger partial charge >= 0.3 is 5.97 Å². The number of hydrogen-bond acceptors (Lipinski definition) is 5. The third kappa shape index (κ3) is 1.73. The molecule has 0 bridgehead atoms. The Balaban J connectivity index is 1.70. The second-order valence-corrected chi connectivity index (χ2v) is 5.95. The van der Waals surface area contributed by atoms with Gasteiger partial charge in [0.1, 0.15) is 0 Å². The van der Waals surface area contributed by atoms with Crippen LogP contribution in [0.4, 0.5) is 5.69 Å². The molecule has 3 aliphatic heterocycles. The van der Waals surface area contributed by atoms with Crippen molar-refractivity contribution in [1.29, 1.82) is 0 Å². The van der Waals surface area contributed by atoms with Crippen molar-refractivity contribution in [3.63, 3.8) is 0 Å². The quantitative estimate of drug-likeness (QED) is 0.760. The highest BCUT2D eigenvalue weighted by Crippen LogP contribution is 2.47. The zero-order valence-electron chi connectivity index (χ0n) is 12.3. The maximum atomic E-state index is 12.0. The summed E-state index contributed by atoms with van der Waals surface area (Å²) in [6, 6.07) is 18.0. The predicted octanol–water partition coefficient (Wildman–Crippen LogP) is 2.54. The molecule has 0 radical (unpaired) electrons. The van der Waals surface area contributed by atoms with Gasteiger partial charge in [0.15, 0.2) is 11.8 Å². The zero-order valence-corrected chi connectivity index (χ0v) is 12.3. The molecule has 114 valence electrons. The van der Waals surface area contributed by atoms with Crippen molar-refractivity contribution in [2.45, 2.75) is 12.1 Å². The monoisotopic (exact) mass is 306 g/mol. The summed E-state index contributed by atoms with van der Waals surface area (Å²) in [5, 5.41) is 0. The molecule has 0 aromatic heterocycles. The van der Waals surface area contributed by atoms with E-state index in [1.54, 1.807) is 0 Å². The average Bonchev–Trinajstić information content (AvgIpc) is 3.15. The minimum atomic E-state index is -0.485. The first kappa shape index (κ1) is 12.7. The van der Waals surface area contributed by atoms with Crippen LogP contribution in [0.2, 0.25) is 0 Å². The molecular weight excluding hydrogens is 292 g/mol. The summed E-state index contributed by atoms with van der Waals surface area (Å²) in [4.78, 5) is 18.7. The van der Waals surface area contributed by atoms with Crippen molar-refractivity contribution in [3.05, 3.63) is 60.2 Å². The lowest BCUT2D eigenvalue weighted by molar-refractivity contribution is -0.138. The number of carbonyl (C=O) groups excluding carboxylic acids is 1. The molecule has 0 saturated carbocycles. The van der Waals surface area contributed by atoms with E-state index in [0.717, 1.165) is 17.0 Å². The van der Waals surface area contributed by atoms with Crippen LogP contribution >= 0.6 is 0 Å². The van der Waals surface area contributed by atoms with E-state index in [1.165, 1.54) is 0 Å². The van der Waals surface area contributed by atoms with E-state index in [0.29, 0.717) is 12.6 Å². The lowest BCUT2D eigenvalue weighted by Gasteiger charge is -2.36. The highest BCUT2D eigenvalue weighted by Gasteiger charge is 2.52. The van der Waals surface area contributed by atoms with Crippen molar-refractivity contribution in [2.75, 3.05) is 11.5 Å². The van der Waals surface area contributed by atoms with E-state index in [2.05, 4.69) is 22.0 Å². The van der Waals surface area contributed by atoms with Crippen LogP contribution < -0.4 is 9.64 Å². The lowest BCUT2D eigenvalue weighted by atomic mass is 9.86. The van der Waals surface area contributed by atoms with Crippen LogP contribution in [0, 0.1) is 5.92 Å². The maximum absolute atomic E-state index is 12.0. The Morgan fingerprint density at radius 1 is 1.04 bits per heavy atom. The second-order valence-electron chi connectivity index (χ2n) is 5.95. The Morgan fingerprint density at radius 3 is 2.70 bits per heavy atom. The van der Waals surface area contributed by atoms with E-state index in [-0.39, 0.29) is 17.9 Å². The molecule has 1 fully saturated rings. The summed E-state index contributed by atoms with van der Waals surface area (Å²) < 4.78 is 11.2. The third-order valence-corrected chi connectivity index (χ3v) is 4.67. The van der Waals surface area contributed by atoms with Crippen LogP contribution in [0.5, 0.6) is 5.75 Å². The first-order valence-electron chi connectivity index (χ1n) is 7.68. The number of aliphatic imine (C=N–C) groups is 1. The normalized spacial score (nSPS) is 27.5. The van der Waals surface area contributed by atoms with Crippen LogP contribution in [-0.4, -0.2) is 24.6 Å². The summed E-state index contributed by atoms with van der Waals surface area (Å²) in [5.74, 6) is 0.506. The molecule has 5 rings (SSSR count). The molecule has 0 spiro atoms. The number of fused-ring (bicyclic) bond motifs is 4. The van der Waals surface area contributed by atoms with Gasteiger partial charge in [0.25, 0.3) is 6.02 Å². The number of anilines is 1. The number of para-hydroxylation sites is 2. The Kier molecular flexibility index (Phi) is 2.53. The number of carbonyl (C=O) groups is 1. The van der Waals surface area contributed by atoms with Gasteiger partial charge in [-0.3, -0.25) is 4.90 Å². The second kappa shape index (κ2) is 4.59. The van der Waals surface area contributed by atoms with Crippen molar-refractivity contribution in [3.8, 4) is 5.75 Å². The minimum absolute atomic E-state index is 0.0107. The fraction of sp³-hybridized carbons (Fsp3) is 0.222. The molecular formula is C18H14N2O3. The van der Waals surface area contributed by atoms with Gasteiger partial charge in [-0.2, -0.15) is 0 Å². The molecule has 3 aliphatic rings. The summed E-state index contributed by atoms with van der Waals surface area (Å²) >= 11 is 0.